The van der Waals surface area contributed by atoms with Crippen molar-refractivity contribution in [2.24, 2.45) is 0 Å². The van der Waals surface area contributed by atoms with Gasteiger partial charge in [0.1, 0.15) is 11.5 Å². The van der Waals surface area contributed by atoms with Crippen molar-refractivity contribution >= 4 is 59.3 Å². The van der Waals surface area contributed by atoms with Gasteiger partial charge in [0.2, 0.25) is 0 Å². The van der Waals surface area contributed by atoms with Gasteiger partial charge in [0, 0.05) is 48.2 Å². The van der Waals surface area contributed by atoms with E-state index >= 15 is 0 Å². The number of hydrogen-bond donors (Lipinski definition) is 0. The van der Waals surface area contributed by atoms with Crippen LogP contribution in [0.4, 0.5) is 17.1 Å². The summed E-state index contributed by atoms with van der Waals surface area (Å²) in [7, 11) is 0. The van der Waals surface area contributed by atoms with Gasteiger partial charge in [0.15, 0.2) is 0 Å². The van der Waals surface area contributed by atoms with Crippen molar-refractivity contribution < 1.29 is 4.74 Å². The lowest BCUT2D eigenvalue weighted by atomic mass is 9.89. The minimum absolute atomic E-state index is 0.886. The van der Waals surface area contributed by atoms with Gasteiger partial charge in [0.05, 0.1) is 0 Å². The van der Waals surface area contributed by atoms with Crippen LogP contribution in [0.15, 0.2) is 176 Å². The molecular formula is C46H29NOS. The molecule has 0 saturated heterocycles. The van der Waals surface area contributed by atoms with Gasteiger partial charge in [-0.1, -0.05) is 115 Å². The zero-order valence-corrected chi connectivity index (χ0v) is 27.3. The molecule has 8 aromatic carbocycles. The first-order valence-corrected chi connectivity index (χ1v) is 17.4. The molecule has 0 amide bonds. The van der Waals surface area contributed by atoms with E-state index in [-0.39, 0.29) is 0 Å². The zero-order valence-electron chi connectivity index (χ0n) is 26.5. The van der Waals surface area contributed by atoms with Crippen molar-refractivity contribution in [2.45, 2.75) is 0 Å². The summed E-state index contributed by atoms with van der Waals surface area (Å²) in [5, 5.41) is 5.00. The van der Waals surface area contributed by atoms with Gasteiger partial charge in [-0.2, -0.15) is 0 Å². The van der Waals surface area contributed by atoms with E-state index in [2.05, 4.69) is 181 Å². The highest BCUT2D eigenvalue weighted by atomic mass is 32.1. The van der Waals surface area contributed by atoms with E-state index in [0.717, 1.165) is 45.3 Å². The van der Waals surface area contributed by atoms with Gasteiger partial charge in [-0.3, -0.25) is 0 Å². The molecule has 2 heterocycles. The molecule has 2 nitrogen and oxygen atoms in total. The van der Waals surface area contributed by atoms with Gasteiger partial charge in [-0.15, -0.1) is 11.3 Å². The maximum Gasteiger partial charge on any atom is 0.135 e. The van der Waals surface area contributed by atoms with Crippen LogP contribution in [0.3, 0.4) is 0 Å². The van der Waals surface area contributed by atoms with Crippen molar-refractivity contribution in [2.75, 3.05) is 4.90 Å². The Morgan fingerprint density at radius 2 is 1.04 bits per heavy atom. The van der Waals surface area contributed by atoms with Gasteiger partial charge in [-0.05, 0) is 93.9 Å². The lowest BCUT2D eigenvalue weighted by molar-refractivity contribution is 0.487. The standard InChI is InChI=1S/C46H29NOS/c1-3-10-31(11-4-1)36-26-27-42-46-40(36)15-9-16-41(46)37-24-20-32(28-43(37)48-42)30-18-21-34(22-19-30)47(33-12-5-2-6-13-33)35-23-25-39-38-14-7-8-17-44(38)49-45(39)29-35/h1-29H. The van der Waals surface area contributed by atoms with Gasteiger partial charge < -0.3 is 9.64 Å². The molecule has 0 aliphatic carbocycles. The van der Waals surface area contributed by atoms with E-state index < -0.39 is 0 Å². The van der Waals surface area contributed by atoms with Crippen molar-refractivity contribution in [3.63, 3.8) is 0 Å². The van der Waals surface area contributed by atoms with Crippen molar-refractivity contribution in [1.82, 2.24) is 0 Å². The summed E-state index contributed by atoms with van der Waals surface area (Å²) < 4.78 is 9.24. The van der Waals surface area contributed by atoms with Crippen LogP contribution in [-0.2, 0) is 0 Å². The van der Waals surface area contributed by atoms with E-state index in [0.29, 0.717) is 0 Å². The smallest absolute Gasteiger partial charge is 0.135 e. The third-order valence-electron chi connectivity index (χ3n) is 9.67. The van der Waals surface area contributed by atoms with Gasteiger partial charge in [0.25, 0.3) is 0 Å². The van der Waals surface area contributed by atoms with Crippen LogP contribution in [0, 0.1) is 0 Å². The average Bonchev–Trinajstić information content (AvgIpc) is 3.54. The Bertz CT molecular complexity index is 2680. The Labute approximate surface area is 288 Å². The predicted octanol–water partition coefficient (Wildman–Crippen LogP) is 13.8. The van der Waals surface area contributed by atoms with Crippen molar-refractivity contribution in [3.05, 3.63) is 176 Å². The summed E-state index contributed by atoms with van der Waals surface area (Å²) in [6.07, 6.45) is 0. The molecule has 0 atom stereocenters. The largest absolute Gasteiger partial charge is 0.456 e. The molecule has 0 fully saturated rings. The molecule has 0 unspecified atom stereocenters. The molecule has 49 heavy (non-hydrogen) atoms. The van der Waals surface area contributed by atoms with Crippen LogP contribution in [-0.4, -0.2) is 0 Å². The van der Waals surface area contributed by atoms with Crippen molar-refractivity contribution in [1.29, 1.82) is 0 Å². The first-order chi connectivity index (χ1) is 24.3. The molecule has 0 N–H and O–H groups in total. The fraction of sp³-hybridized carbons (Fsp3) is 0. The Morgan fingerprint density at radius 1 is 0.367 bits per heavy atom. The van der Waals surface area contributed by atoms with E-state index in [1.807, 2.05) is 11.3 Å². The van der Waals surface area contributed by atoms with Gasteiger partial charge in [-0.25, -0.2) is 0 Å². The average molecular weight is 644 g/mol. The summed E-state index contributed by atoms with van der Waals surface area (Å²) in [4.78, 5) is 2.34. The Kier molecular flexibility index (Phi) is 6.39. The highest BCUT2D eigenvalue weighted by molar-refractivity contribution is 7.25. The summed E-state index contributed by atoms with van der Waals surface area (Å²) in [5.41, 5.74) is 10.4. The van der Waals surface area contributed by atoms with E-state index in [1.54, 1.807) is 0 Å². The molecule has 10 rings (SSSR count). The lowest BCUT2D eigenvalue weighted by Crippen LogP contribution is -2.09. The van der Waals surface area contributed by atoms with Crippen LogP contribution < -0.4 is 9.64 Å². The number of ether oxygens (including phenoxy) is 1. The van der Waals surface area contributed by atoms with E-state index in [9.17, 15) is 0 Å². The minimum atomic E-state index is 0.886. The maximum absolute atomic E-state index is 6.63. The molecule has 0 bridgehead atoms. The van der Waals surface area contributed by atoms with Crippen LogP contribution >= 0.6 is 11.3 Å². The second-order valence-electron chi connectivity index (χ2n) is 12.5. The number of nitrogens with zero attached hydrogens (tertiary/aromatic N) is 1. The normalized spacial score (nSPS) is 11.8. The van der Waals surface area contributed by atoms with E-state index in [1.165, 1.54) is 47.6 Å². The Hall–Kier alpha value is -6.16. The third-order valence-corrected chi connectivity index (χ3v) is 10.8. The molecule has 9 aromatic rings. The highest BCUT2D eigenvalue weighted by Crippen LogP contribution is 2.49. The molecule has 1 aliphatic heterocycles. The Morgan fingerprint density at radius 3 is 1.90 bits per heavy atom. The van der Waals surface area contributed by atoms with Crippen LogP contribution in [0.2, 0.25) is 0 Å². The summed E-state index contributed by atoms with van der Waals surface area (Å²) >= 11 is 1.85. The number of rotatable bonds is 5. The monoisotopic (exact) mass is 643 g/mol. The predicted molar refractivity (Wildman–Crippen MR) is 208 cm³/mol. The van der Waals surface area contributed by atoms with Crippen molar-refractivity contribution in [3.8, 4) is 44.9 Å². The quantitative estimate of drug-likeness (QED) is 0.185. The minimum Gasteiger partial charge on any atom is -0.456 e. The number of thiophene rings is 1. The molecule has 1 aromatic heterocycles. The molecule has 0 spiro atoms. The molecule has 230 valence electrons. The zero-order chi connectivity index (χ0) is 32.3. The van der Waals surface area contributed by atoms with Crippen LogP contribution in [0.1, 0.15) is 0 Å². The lowest BCUT2D eigenvalue weighted by Gasteiger charge is -2.26. The number of anilines is 3. The molecule has 0 saturated carbocycles. The fourth-order valence-corrected chi connectivity index (χ4v) is 8.50. The van der Waals surface area contributed by atoms with Crippen LogP contribution in [0.5, 0.6) is 11.5 Å². The third kappa shape index (κ3) is 4.62. The van der Waals surface area contributed by atoms with Gasteiger partial charge >= 0.3 is 0 Å². The molecule has 0 radical (unpaired) electrons. The summed E-state index contributed by atoms with van der Waals surface area (Å²) in [6.45, 7) is 0. The van der Waals surface area contributed by atoms with Crippen LogP contribution in [0.25, 0.3) is 64.3 Å². The first-order valence-electron chi connectivity index (χ1n) is 16.6. The number of fused-ring (bicyclic) bond motifs is 5. The fourth-order valence-electron chi connectivity index (χ4n) is 7.36. The Balaban J connectivity index is 1.02. The first kappa shape index (κ1) is 27.9. The second kappa shape index (κ2) is 11.2. The second-order valence-corrected chi connectivity index (χ2v) is 13.6. The summed E-state index contributed by atoms with van der Waals surface area (Å²) in [6, 6.07) is 63.0. The topological polar surface area (TPSA) is 12.5 Å². The number of hydrogen-bond acceptors (Lipinski definition) is 3. The van der Waals surface area contributed by atoms with E-state index in [4.69, 9.17) is 4.74 Å². The SMILES string of the molecule is c1ccc(-c2ccc3c4c(cccc24)-c2ccc(-c4ccc(N(c5ccccc5)c5ccc6c(c5)sc5ccccc56)cc4)cc2O3)cc1. The highest BCUT2D eigenvalue weighted by Gasteiger charge is 2.22. The number of benzene rings is 8. The molecular weight excluding hydrogens is 615 g/mol. The molecule has 1 aliphatic rings. The molecule has 3 heteroatoms. The maximum atomic E-state index is 6.63. The number of para-hydroxylation sites is 1. The summed E-state index contributed by atoms with van der Waals surface area (Å²) in [5.74, 6) is 1.79.